The lowest BCUT2D eigenvalue weighted by Gasteiger charge is -2.21. The molecule has 0 aliphatic carbocycles. The summed E-state index contributed by atoms with van der Waals surface area (Å²) in [5, 5.41) is 17.9. The van der Waals surface area contributed by atoms with E-state index in [0.717, 1.165) is 48.8 Å². The zero-order valence-electron chi connectivity index (χ0n) is 28.1. The van der Waals surface area contributed by atoms with Crippen LogP contribution in [0.5, 0.6) is 17.2 Å². The molecule has 2 N–H and O–H groups in total. The molecule has 0 aliphatic heterocycles. The van der Waals surface area contributed by atoms with Gasteiger partial charge in [-0.3, -0.25) is 4.79 Å². The summed E-state index contributed by atoms with van der Waals surface area (Å²) in [4.78, 5) is 23.2. The van der Waals surface area contributed by atoms with Crippen molar-refractivity contribution in [3.63, 3.8) is 0 Å². The summed E-state index contributed by atoms with van der Waals surface area (Å²) in [5.41, 5.74) is 2.14. The van der Waals surface area contributed by atoms with Gasteiger partial charge in [-0.25, -0.2) is 4.79 Å². The fourth-order valence-electron chi connectivity index (χ4n) is 4.70. The van der Waals surface area contributed by atoms with E-state index in [1.54, 1.807) is 25.1 Å². The van der Waals surface area contributed by atoms with Gasteiger partial charge in [0.25, 0.3) is 0 Å². The topological polar surface area (TPSA) is 121 Å². The van der Waals surface area contributed by atoms with E-state index in [2.05, 4.69) is 13.5 Å². The van der Waals surface area contributed by atoms with Crippen molar-refractivity contribution in [2.75, 3.05) is 39.6 Å². The van der Waals surface area contributed by atoms with E-state index in [-0.39, 0.29) is 49.9 Å². The largest absolute Gasteiger partial charge is 0.490 e. The van der Waals surface area contributed by atoms with Crippen LogP contribution in [0, 0.1) is 5.92 Å². The lowest BCUT2D eigenvalue weighted by Crippen LogP contribution is -2.22. The number of ether oxygens (including phenoxy) is 5. The van der Waals surface area contributed by atoms with Gasteiger partial charge in [0.15, 0.2) is 0 Å². The second-order valence-corrected chi connectivity index (χ2v) is 11.5. The van der Waals surface area contributed by atoms with Crippen LogP contribution in [0.3, 0.4) is 0 Å². The number of carbonyl (C=O) groups is 2. The van der Waals surface area contributed by atoms with E-state index in [9.17, 15) is 9.59 Å². The highest BCUT2D eigenvalue weighted by atomic mass is 19.3. The van der Waals surface area contributed by atoms with Crippen molar-refractivity contribution in [3.8, 4) is 28.4 Å². The second-order valence-electron chi connectivity index (χ2n) is 11.5. The number of aliphatic hydroxyl groups excluding tert-OH is 2. The summed E-state index contributed by atoms with van der Waals surface area (Å²) < 4.78 is 57.3. The number of hydrogen-bond donors (Lipinski definition) is 2. The first-order valence-corrected chi connectivity index (χ1v) is 16.5. The molecule has 3 aromatic rings. The number of esters is 2. The average molecular weight is 685 g/mol. The Balaban J connectivity index is 1.66. The highest BCUT2D eigenvalue weighted by molar-refractivity contribution is 5.87. The first-order valence-electron chi connectivity index (χ1n) is 16.5. The predicted octanol–water partition coefficient (Wildman–Crippen LogP) is 7.02. The van der Waals surface area contributed by atoms with E-state index in [4.69, 9.17) is 33.9 Å². The molecule has 0 fully saturated rings. The van der Waals surface area contributed by atoms with Crippen molar-refractivity contribution in [2.24, 2.45) is 5.92 Å². The molecule has 0 heterocycles. The Morgan fingerprint density at radius 3 is 2.00 bits per heavy atom. The highest BCUT2D eigenvalue weighted by Gasteiger charge is 2.35. The third kappa shape index (κ3) is 12.8. The summed E-state index contributed by atoms with van der Waals surface area (Å²) in [6.07, 6.45) is 2.15. The average Bonchev–Trinajstić information content (AvgIpc) is 3.11. The summed E-state index contributed by atoms with van der Waals surface area (Å²) >= 11 is 0. The zero-order valence-corrected chi connectivity index (χ0v) is 28.1. The zero-order chi connectivity index (χ0) is 35.6. The van der Waals surface area contributed by atoms with Crippen LogP contribution in [0.25, 0.3) is 11.1 Å². The summed E-state index contributed by atoms with van der Waals surface area (Å²) in [6, 6.07) is 17.5. The van der Waals surface area contributed by atoms with Crippen LogP contribution in [0.2, 0.25) is 0 Å². The minimum Gasteiger partial charge on any atom is -0.490 e. The van der Waals surface area contributed by atoms with Crippen molar-refractivity contribution in [1.29, 1.82) is 0 Å². The highest BCUT2D eigenvalue weighted by Crippen LogP contribution is 2.36. The van der Waals surface area contributed by atoms with Gasteiger partial charge in [0.2, 0.25) is 0 Å². The van der Waals surface area contributed by atoms with Crippen LogP contribution >= 0.6 is 0 Å². The molecule has 9 nitrogen and oxygen atoms in total. The third-order valence-electron chi connectivity index (χ3n) is 7.56. The van der Waals surface area contributed by atoms with Crippen LogP contribution in [0.15, 0.2) is 78.9 Å². The number of aryl methyl sites for hydroxylation is 1. The van der Waals surface area contributed by atoms with Crippen molar-refractivity contribution in [2.45, 2.75) is 58.5 Å². The SMILES string of the molecule is C=C(CO)C(=O)OCCOc1ccc(-c2ccc(C(F)(F)Oc3ccc(OCCOC(=O)C(C)CO)cc3)cc2CCCCCCC)cc1. The fourth-order valence-corrected chi connectivity index (χ4v) is 4.70. The maximum atomic E-state index is 15.5. The number of hydrogen-bond acceptors (Lipinski definition) is 9. The van der Waals surface area contributed by atoms with Gasteiger partial charge in [0, 0.05) is 0 Å². The van der Waals surface area contributed by atoms with Gasteiger partial charge in [0.05, 0.1) is 30.3 Å². The van der Waals surface area contributed by atoms with Crippen molar-refractivity contribution >= 4 is 11.9 Å². The molecule has 1 unspecified atom stereocenters. The molecular formula is C38H46F2O9. The molecule has 0 spiro atoms. The number of carbonyl (C=O) groups excluding carboxylic acids is 2. The van der Waals surface area contributed by atoms with Crippen LogP contribution in [0.1, 0.15) is 57.1 Å². The summed E-state index contributed by atoms with van der Waals surface area (Å²) in [6.45, 7) is 6.45. The molecule has 49 heavy (non-hydrogen) atoms. The molecule has 0 amide bonds. The maximum Gasteiger partial charge on any atom is 0.426 e. The quantitative estimate of drug-likeness (QED) is 0.0654. The number of aliphatic hydroxyl groups is 2. The van der Waals surface area contributed by atoms with Crippen LogP contribution in [-0.4, -0.2) is 61.8 Å². The second kappa shape index (κ2) is 20.1. The van der Waals surface area contributed by atoms with Gasteiger partial charge < -0.3 is 33.9 Å². The summed E-state index contributed by atoms with van der Waals surface area (Å²) in [7, 11) is 0. The molecule has 1 atom stereocenters. The summed E-state index contributed by atoms with van der Waals surface area (Å²) in [5.74, 6) is -0.953. The Morgan fingerprint density at radius 1 is 0.796 bits per heavy atom. The molecule has 0 bridgehead atoms. The Bertz CT molecular complexity index is 1470. The molecule has 0 aromatic heterocycles. The lowest BCUT2D eigenvalue weighted by atomic mass is 9.93. The molecule has 3 aromatic carbocycles. The first kappa shape index (κ1) is 39.0. The van der Waals surface area contributed by atoms with E-state index in [1.807, 2.05) is 12.1 Å². The number of alkyl halides is 2. The predicted molar refractivity (Wildman–Crippen MR) is 181 cm³/mol. The molecule has 0 saturated carbocycles. The maximum absolute atomic E-state index is 15.5. The van der Waals surface area contributed by atoms with Crippen LogP contribution < -0.4 is 14.2 Å². The molecule has 0 saturated heterocycles. The molecule has 11 heteroatoms. The molecule has 266 valence electrons. The van der Waals surface area contributed by atoms with Crippen LogP contribution in [-0.2, 0) is 31.6 Å². The fraction of sp³-hybridized carbons (Fsp3) is 0.421. The van der Waals surface area contributed by atoms with E-state index >= 15 is 8.78 Å². The Morgan fingerprint density at radius 2 is 1.39 bits per heavy atom. The Kier molecular flexibility index (Phi) is 16.0. The first-order chi connectivity index (χ1) is 23.6. The molecule has 0 aliphatic rings. The van der Waals surface area contributed by atoms with Gasteiger partial charge in [-0.1, -0.05) is 57.4 Å². The minimum atomic E-state index is -3.61. The Hall–Kier alpha value is -4.48. The number of benzene rings is 3. The number of unbranched alkanes of at least 4 members (excludes halogenated alkanes) is 4. The van der Waals surface area contributed by atoms with Gasteiger partial charge >= 0.3 is 18.0 Å². The molecular weight excluding hydrogens is 638 g/mol. The van der Waals surface area contributed by atoms with Gasteiger partial charge in [-0.2, -0.15) is 8.78 Å². The third-order valence-corrected chi connectivity index (χ3v) is 7.56. The van der Waals surface area contributed by atoms with E-state index in [1.165, 1.54) is 36.4 Å². The van der Waals surface area contributed by atoms with Gasteiger partial charge in [-0.15, -0.1) is 0 Å². The van der Waals surface area contributed by atoms with Crippen molar-refractivity contribution in [3.05, 3.63) is 90.0 Å². The smallest absolute Gasteiger partial charge is 0.426 e. The van der Waals surface area contributed by atoms with Crippen molar-refractivity contribution in [1.82, 2.24) is 0 Å². The van der Waals surface area contributed by atoms with E-state index < -0.39 is 30.6 Å². The lowest BCUT2D eigenvalue weighted by molar-refractivity contribution is -0.185. The van der Waals surface area contributed by atoms with Crippen molar-refractivity contribution < 1.29 is 52.3 Å². The standard InChI is InChI=1S/C38H46F2O9/c1-4-5-6-7-8-9-30-24-31(12-19-35(30)29-10-13-32(14-11-29)45-20-22-47-36(43)27(2)25-41)38(39,40)49-34-17-15-33(16-18-34)46-21-23-48-37(44)28(3)26-42/h10-19,24,28,41-42H,2,4-9,20-23,25-26H2,1,3H3. The molecule has 0 radical (unpaired) electrons. The number of rotatable bonds is 22. The van der Waals surface area contributed by atoms with Gasteiger partial charge in [0.1, 0.15) is 43.7 Å². The monoisotopic (exact) mass is 684 g/mol. The normalized spacial score (nSPS) is 11.8. The van der Waals surface area contributed by atoms with Crippen LogP contribution in [0.4, 0.5) is 8.78 Å². The Labute approximate surface area is 286 Å². The molecule has 3 rings (SSSR count). The minimum absolute atomic E-state index is 0.0117. The number of halogens is 2. The van der Waals surface area contributed by atoms with Gasteiger partial charge in [-0.05, 0) is 85.0 Å². The van der Waals surface area contributed by atoms with E-state index in [0.29, 0.717) is 17.9 Å².